The maximum atomic E-state index is 5.78. The van der Waals surface area contributed by atoms with Crippen LogP contribution in [0.2, 0.25) is 5.02 Å². The SMILES string of the molecule is Clc1cc[c]c(-c2ccno2)c1. The summed E-state index contributed by atoms with van der Waals surface area (Å²) in [4.78, 5) is 0. The first kappa shape index (κ1) is 7.37. The zero-order chi connectivity index (χ0) is 8.39. The van der Waals surface area contributed by atoms with E-state index in [-0.39, 0.29) is 0 Å². The zero-order valence-corrected chi connectivity index (χ0v) is 6.88. The Morgan fingerprint density at radius 3 is 3.00 bits per heavy atom. The maximum absolute atomic E-state index is 5.78. The van der Waals surface area contributed by atoms with Gasteiger partial charge in [0.1, 0.15) is 0 Å². The summed E-state index contributed by atoms with van der Waals surface area (Å²) in [6.07, 6.45) is 1.59. The van der Waals surface area contributed by atoms with E-state index in [1.54, 1.807) is 30.5 Å². The number of nitrogens with zero attached hydrogens (tertiary/aromatic N) is 1. The molecule has 0 fully saturated rings. The zero-order valence-electron chi connectivity index (χ0n) is 6.12. The lowest BCUT2D eigenvalue weighted by molar-refractivity contribution is 0.432. The van der Waals surface area contributed by atoms with E-state index in [1.165, 1.54) is 0 Å². The van der Waals surface area contributed by atoms with Crippen molar-refractivity contribution in [2.45, 2.75) is 0 Å². The Bertz CT molecular complexity index is 370. The van der Waals surface area contributed by atoms with E-state index in [2.05, 4.69) is 11.2 Å². The minimum Gasteiger partial charge on any atom is -0.356 e. The second-order valence-electron chi connectivity index (χ2n) is 2.30. The fraction of sp³-hybridized carbons (Fsp3) is 0. The Balaban J connectivity index is 2.48. The van der Waals surface area contributed by atoms with Crippen LogP contribution in [0, 0.1) is 6.07 Å². The fourth-order valence-corrected chi connectivity index (χ4v) is 1.11. The highest BCUT2D eigenvalue weighted by atomic mass is 35.5. The Morgan fingerprint density at radius 1 is 1.42 bits per heavy atom. The molecule has 0 aliphatic carbocycles. The highest BCUT2D eigenvalue weighted by Gasteiger charge is 2.00. The highest BCUT2D eigenvalue weighted by Crippen LogP contribution is 2.20. The van der Waals surface area contributed by atoms with Gasteiger partial charge in [-0.3, -0.25) is 0 Å². The van der Waals surface area contributed by atoms with Gasteiger partial charge < -0.3 is 4.52 Å². The molecule has 2 rings (SSSR count). The van der Waals surface area contributed by atoms with Crippen molar-refractivity contribution in [1.29, 1.82) is 0 Å². The molecule has 1 aromatic carbocycles. The van der Waals surface area contributed by atoms with Gasteiger partial charge in [0.15, 0.2) is 5.76 Å². The molecule has 0 atom stereocenters. The van der Waals surface area contributed by atoms with Crippen LogP contribution in [0.4, 0.5) is 0 Å². The van der Waals surface area contributed by atoms with Crippen LogP contribution in [0.5, 0.6) is 0 Å². The first-order valence-electron chi connectivity index (χ1n) is 3.44. The van der Waals surface area contributed by atoms with Gasteiger partial charge in [-0.05, 0) is 18.2 Å². The van der Waals surface area contributed by atoms with Crippen LogP contribution in [0.3, 0.4) is 0 Å². The molecule has 0 spiro atoms. The minimum atomic E-state index is 0.667. The van der Waals surface area contributed by atoms with E-state index in [1.807, 2.05) is 0 Å². The summed E-state index contributed by atoms with van der Waals surface area (Å²) >= 11 is 5.78. The van der Waals surface area contributed by atoms with E-state index < -0.39 is 0 Å². The van der Waals surface area contributed by atoms with Gasteiger partial charge in [0.05, 0.1) is 6.20 Å². The molecule has 0 bridgehead atoms. The van der Waals surface area contributed by atoms with Gasteiger partial charge in [-0.15, -0.1) is 0 Å². The van der Waals surface area contributed by atoms with Gasteiger partial charge in [0.2, 0.25) is 0 Å². The smallest absolute Gasteiger partial charge is 0.167 e. The quantitative estimate of drug-likeness (QED) is 0.671. The lowest BCUT2D eigenvalue weighted by Gasteiger charge is -1.93. The molecule has 0 N–H and O–H groups in total. The van der Waals surface area contributed by atoms with Crippen molar-refractivity contribution in [2.75, 3.05) is 0 Å². The summed E-state index contributed by atoms with van der Waals surface area (Å²) in [5, 5.41) is 4.26. The van der Waals surface area contributed by atoms with E-state index in [4.69, 9.17) is 16.1 Å². The largest absolute Gasteiger partial charge is 0.356 e. The van der Waals surface area contributed by atoms with Gasteiger partial charge >= 0.3 is 0 Å². The normalized spacial score (nSPS) is 10.1. The first-order chi connectivity index (χ1) is 5.86. The van der Waals surface area contributed by atoms with E-state index >= 15 is 0 Å². The number of rotatable bonds is 1. The summed E-state index contributed by atoms with van der Waals surface area (Å²) in [5.41, 5.74) is 0.819. The molecule has 12 heavy (non-hydrogen) atoms. The topological polar surface area (TPSA) is 26.0 Å². The third-order valence-corrected chi connectivity index (χ3v) is 1.70. The standard InChI is InChI=1S/C9H5ClNO/c10-8-3-1-2-7(6-8)9-4-5-11-12-9/h1,3-6H. The van der Waals surface area contributed by atoms with Crippen LogP contribution in [0.25, 0.3) is 11.3 Å². The van der Waals surface area contributed by atoms with Crippen molar-refractivity contribution >= 4 is 11.6 Å². The number of aromatic nitrogens is 1. The molecule has 0 unspecified atom stereocenters. The average Bonchev–Trinajstić information content (AvgIpc) is 2.56. The molecule has 0 aliphatic heterocycles. The molecular weight excluding hydrogens is 174 g/mol. The molecule has 2 aromatic rings. The van der Waals surface area contributed by atoms with Gasteiger partial charge in [-0.2, -0.15) is 0 Å². The second kappa shape index (κ2) is 2.99. The minimum absolute atomic E-state index is 0.667. The van der Waals surface area contributed by atoms with Crippen LogP contribution in [0.1, 0.15) is 0 Å². The fourth-order valence-electron chi connectivity index (χ4n) is 0.936. The van der Waals surface area contributed by atoms with Gasteiger partial charge in [-0.25, -0.2) is 0 Å². The van der Waals surface area contributed by atoms with Crippen molar-refractivity contribution in [3.63, 3.8) is 0 Å². The third kappa shape index (κ3) is 1.34. The molecule has 0 saturated carbocycles. The third-order valence-electron chi connectivity index (χ3n) is 1.47. The van der Waals surface area contributed by atoms with Gasteiger partial charge in [0.25, 0.3) is 0 Å². The maximum Gasteiger partial charge on any atom is 0.167 e. The molecule has 0 saturated heterocycles. The summed E-state index contributed by atoms with van der Waals surface area (Å²) in [6.45, 7) is 0. The van der Waals surface area contributed by atoms with Gasteiger partial charge in [0, 0.05) is 16.7 Å². The molecule has 2 nitrogen and oxygen atoms in total. The van der Waals surface area contributed by atoms with E-state index in [0.717, 1.165) is 5.56 Å². The summed E-state index contributed by atoms with van der Waals surface area (Å²) < 4.78 is 4.93. The molecule has 59 valence electrons. The summed E-state index contributed by atoms with van der Waals surface area (Å²) in [6, 6.07) is 10.1. The Labute approximate surface area is 74.8 Å². The summed E-state index contributed by atoms with van der Waals surface area (Å²) in [5.74, 6) is 0.678. The predicted octanol–water partition coefficient (Wildman–Crippen LogP) is 2.80. The lowest BCUT2D eigenvalue weighted by atomic mass is 10.2. The molecule has 0 aliphatic rings. The number of halogens is 1. The molecule has 1 heterocycles. The van der Waals surface area contributed by atoms with Gasteiger partial charge in [-0.1, -0.05) is 22.8 Å². The molecule has 0 amide bonds. The van der Waals surface area contributed by atoms with Crippen molar-refractivity contribution < 1.29 is 4.52 Å². The number of benzene rings is 1. The predicted molar refractivity (Wildman–Crippen MR) is 45.8 cm³/mol. The van der Waals surface area contributed by atoms with E-state index in [0.29, 0.717) is 10.8 Å². The van der Waals surface area contributed by atoms with Crippen LogP contribution in [0.15, 0.2) is 35.0 Å². The Morgan fingerprint density at radius 2 is 2.33 bits per heavy atom. The second-order valence-corrected chi connectivity index (χ2v) is 2.73. The Hall–Kier alpha value is -1.28. The molecule has 1 radical (unpaired) electrons. The van der Waals surface area contributed by atoms with Crippen molar-refractivity contribution in [2.24, 2.45) is 0 Å². The van der Waals surface area contributed by atoms with Crippen molar-refractivity contribution in [3.8, 4) is 11.3 Å². The average molecular weight is 179 g/mol. The first-order valence-corrected chi connectivity index (χ1v) is 3.82. The highest BCUT2D eigenvalue weighted by molar-refractivity contribution is 6.30. The van der Waals surface area contributed by atoms with Crippen LogP contribution in [-0.4, -0.2) is 5.16 Å². The number of hydrogen-bond donors (Lipinski definition) is 0. The molecule has 1 aromatic heterocycles. The van der Waals surface area contributed by atoms with Crippen LogP contribution >= 0.6 is 11.6 Å². The van der Waals surface area contributed by atoms with Crippen molar-refractivity contribution in [3.05, 3.63) is 41.6 Å². The Kier molecular flexibility index (Phi) is 1.84. The number of hydrogen-bond acceptors (Lipinski definition) is 2. The summed E-state index contributed by atoms with van der Waals surface area (Å²) in [7, 11) is 0. The van der Waals surface area contributed by atoms with E-state index in [9.17, 15) is 0 Å². The monoisotopic (exact) mass is 178 g/mol. The molecular formula is C9H5ClNO. The van der Waals surface area contributed by atoms with Crippen molar-refractivity contribution in [1.82, 2.24) is 5.16 Å². The van der Waals surface area contributed by atoms with Crippen LogP contribution in [-0.2, 0) is 0 Å². The molecule has 3 heteroatoms. The lowest BCUT2D eigenvalue weighted by Crippen LogP contribution is -1.72. The van der Waals surface area contributed by atoms with Crippen LogP contribution < -0.4 is 0 Å².